The molecule has 1 aromatic carbocycles. The largest absolute Gasteiger partial charge is 0.342 e. The van der Waals surface area contributed by atoms with E-state index in [-0.39, 0.29) is 23.6 Å². The number of aromatic nitrogens is 6. The summed E-state index contributed by atoms with van der Waals surface area (Å²) in [5.41, 5.74) is 2.06. The Morgan fingerprint density at radius 3 is 2.70 bits per heavy atom. The summed E-state index contributed by atoms with van der Waals surface area (Å²) in [5, 5.41) is 21.7. The zero-order chi connectivity index (χ0) is 23.6. The van der Waals surface area contributed by atoms with E-state index in [1.165, 1.54) is 0 Å². The summed E-state index contributed by atoms with van der Waals surface area (Å²) < 4.78 is 17.1. The fourth-order valence-electron chi connectivity index (χ4n) is 4.35. The molecule has 0 saturated carbocycles. The van der Waals surface area contributed by atoms with Crippen molar-refractivity contribution in [3.05, 3.63) is 58.9 Å². The number of halogens is 1. The molecule has 3 aromatic rings. The van der Waals surface area contributed by atoms with Gasteiger partial charge in [0.1, 0.15) is 5.82 Å². The van der Waals surface area contributed by atoms with Crippen molar-refractivity contribution in [2.75, 3.05) is 0 Å². The Kier molecular flexibility index (Phi) is 6.40. The highest BCUT2D eigenvalue weighted by molar-refractivity contribution is 6.27. The van der Waals surface area contributed by atoms with Gasteiger partial charge in [-0.3, -0.25) is 9.48 Å². The minimum absolute atomic E-state index is 0.162. The number of unbranched alkanes of at least 4 members (excludes halogenated alkanes) is 2. The van der Waals surface area contributed by atoms with Crippen LogP contribution in [0.5, 0.6) is 0 Å². The molecule has 1 amide bonds. The van der Waals surface area contributed by atoms with Crippen molar-refractivity contribution in [1.29, 1.82) is 0 Å². The van der Waals surface area contributed by atoms with Crippen LogP contribution in [0.4, 0.5) is 4.39 Å². The van der Waals surface area contributed by atoms with Crippen molar-refractivity contribution in [3.63, 3.8) is 0 Å². The van der Waals surface area contributed by atoms with Crippen LogP contribution in [0.2, 0.25) is 0 Å². The van der Waals surface area contributed by atoms with E-state index in [4.69, 9.17) is 0 Å². The predicted octanol–water partition coefficient (Wildman–Crippen LogP) is 4.20. The van der Waals surface area contributed by atoms with Gasteiger partial charge in [0.15, 0.2) is 0 Å². The van der Waals surface area contributed by atoms with Gasteiger partial charge in [0.25, 0.3) is 5.91 Å². The second-order valence-corrected chi connectivity index (χ2v) is 9.10. The van der Waals surface area contributed by atoms with Gasteiger partial charge in [-0.25, -0.2) is 4.39 Å². The van der Waals surface area contributed by atoms with E-state index in [1.54, 1.807) is 12.1 Å². The average molecular weight is 452 g/mol. The third kappa shape index (κ3) is 4.58. The Morgan fingerprint density at radius 2 is 2.06 bits per heavy atom. The van der Waals surface area contributed by atoms with Gasteiger partial charge in [-0.05, 0) is 62.1 Å². The molecule has 2 N–H and O–H groups in total. The molecule has 0 unspecified atom stereocenters. The summed E-state index contributed by atoms with van der Waals surface area (Å²) in [6.07, 6.45) is 6.32. The Balaban J connectivity index is 1.74. The SMILES string of the molecule is CCCCCc1ccc([C@]2(C)CC(c3ccn(C(C)C)n3)=C(c3nn[nH]n3)C(=O)N2)c(F)c1. The molecule has 9 heteroatoms. The van der Waals surface area contributed by atoms with Gasteiger partial charge < -0.3 is 5.32 Å². The van der Waals surface area contributed by atoms with Gasteiger partial charge in [-0.2, -0.15) is 10.3 Å². The van der Waals surface area contributed by atoms with E-state index < -0.39 is 5.54 Å². The summed E-state index contributed by atoms with van der Waals surface area (Å²) >= 11 is 0. The number of amides is 1. The van der Waals surface area contributed by atoms with Crippen LogP contribution in [0.3, 0.4) is 0 Å². The first-order chi connectivity index (χ1) is 15.8. The molecule has 2 aromatic heterocycles. The molecule has 3 heterocycles. The second-order valence-electron chi connectivity index (χ2n) is 9.10. The van der Waals surface area contributed by atoms with Crippen LogP contribution >= 0.6 is 0 Å². The summed E-state index contributed by atoms with van der Waals surface area (Å²) in [6, 6.07) is 7.36. The van der Waals surface area contributed by atoms with E-state index in [9.17, 15) is 4.79 Å². The third-order valence-corrected chi connectivity index (χ3v) is 6.16. The number of nitrogens with one attached hydrogen (secondary N) is 2. The normalized spacial score (nSPS) is 18.8. The molecule has 0 aliphatic carbocycles. The number of hydrogen-bond donors (Lipinski definition) is 2. The smallest absolute Gasteiger partial charge is 0.256 e. The van der Waals surface area contributed by atoms with Gasteiger partial charge in [0, 0.05) is 24.2 Å². The number of aromatic amines is 1. The highest BCUT2D eigenvalue weighted by atomic mass is 19.1. The lowest BCUT2D eigenvalue weighted by Crippen LogP contribution is -2.48. The number of rotatable bonds is 8. The standard InChI is InChI=1S/C24H30FN7O/c1-5-6-7-8-16-9-10-18(19(25)13-16)24(4)14-17(20-11-12-32(29-20)15(2)3)21(23(33)26-24)22-27-30-31-28-22/h9-13,15H,5-8,14H2,1-4H3,(H,26,33)(H,27,28,30,31)/t24-/m0/s1. The molecule has 1 aliphatic rings. The summed E-state index contributed by atoms with van der Waals surface area (Å²) in [4.78, 5) is 13.3. The molecule has 8 nitrogen and oxygen atoms in total. The lowest BCUT2D eigenvalue weighted by molar-refractivity contribution is -0.117. The number of aryl methyl sites for hydroxylation is 1. The number of hydrogen-bond acceptors (Lipinski definition) is 5. The molecule has 174 valence electrons. The molecule has 0 fully saturated rings. The molecule has 0 saturated heterocycles. The van der Waals surface area contributed by atoms with E-state index in [0.29, 0.717) is 28.8 Å². The maximum Gasteiger partial charge on any atom is 0.256 e. The number of tetrazole rings is 1. The van der Waals surface area contributed by atoms with Crippen LogP contribution in [0.25, 0.3) is 11.1 Å². The maximum absolute atomic E-state index is 15.3. The molecule has 4 rings (SSSR count). The maximum atomic E-state index is 15.3. The second kappa shape index (κ2) is 9.25. The first-order valence-electron chi connectivity index (χ1n) is 11.5. The minimum atomic E-state index is -0.951. The van der Waals surface area contributed by atoms with Crippen molar-refractivity contribution in [3.8, 4) is 0 Å². The molecule has 0 spiro atoms. The number of nitrogens with zero attached hydrogens (tertiary/aromatic N) is 5. The Bertz CT molecular complexity index is 1170. The first-order valence-corrected chi connectivity index (χ1v) is 11.5. The minimum Gasteiger partial charge on any atom is -0.342 e. The fourth-order valence-corrected chi connectivity index (χ4v) is 4.35. The summed E-state index contributed by atoms with van der Waals surface area (Å²) in [7, 11) is 0. The average Bonchev–Trinajstić information content (AvgIpc) is 3.46. The summed E-state index contributed by atoms with van der Waals surface area (Å²) in [6.45, 7) is 8.04. The van der Waals surface area contributed by atoms with Gasteiger partial charge in [-0.15, -0.1) is 10.2 Å². The predicted molar refractivity (Wildman–Crippen MR) is 123 cm³/mol. The lowest BCUT2D eigenvalue weighted by Gasteiger charge is -2.37. The van der Waals surface area contributed by atoms with Crippen LogP contribution in [0.1, 0.15) is 82.1 Å². The molecular weight excluding hydrogens is 421 g/mol. The molecule has 1 atom stereocenters. The quantitative estimate of drug-likeness (QED) is 0.500. The zero-order valence-electron chi connectivity index (χ0n) is 19.5. The van der Waals surface area contributed by atoms with Crippen LogP contribution in [0.15, 0.2) is 30.5 Å². The van der Waals surface area contributed by atoms with Crippen LogP contribution in [-0.2, 0) is 16.8 Å². The van der Waals surface area contributed by atoms with E-state index >= 15 is 4.39 Å². The van der Waals surface area contributed by atoms with E-state index in [2.05, 4.69) is 38.0 Å². The van der Waals surface area contributed by atoms with E-state index in [0.717, 1.165) is 31.2 Å². The van der Waals surface area contributed by atoms with Crippen molar-refractivity contribution >= 4 is 17.1 Å². The fraction of sp³-hybridized carbons (Fsp3) is 0.458. The van der Waals surface area contributed by atoms with Gasteiger partial charge in [-0.1, -0.05) is 31.9 Å². The van der Waals surface area contributed by atoms with Gasteiger partial charge >= 0.3 is 0 Å². The van der Waals surface area contributed by atoms with Crippen LogP contribution in [0, 0.1) is 5.82 Å². The van der Waals surface area contributed by atoms with Crippen molar-refractivity contribution in [1.82, 2.24) is 35.7 Å². The number of carbonyl (C=O) groups excluding carboxylic acids is 1. The van der Waals surface area contributed by atoms with E-state index in [1.807, 2.05) is 43.8 Å². The van der Waals surface area contributed by atoms with Crippen LogP contribution in [-0.4, -0.2) is 36.3 Å². The highest BCUT2D eigenvalue weighted by Crippen LogP contribution is 2.41. The Morgan fingerprint density at radius 1 is 1.24 bits per heavy atom. The van der Waals surface area contributed by atoms with Crippen molar-refractivity contribution in [2.45, 2.75) is 71.4 Å². The van der Waals surface area contributed by atoms with Gasteiger partial charge in [0.2, 0.25) is 5.82 Å². The Hall–Kier alpha value is -3.36. The van der Waals surface area contributed by atoms with Crippen molar-refractivity contribution in [2.24, 2.45) is 0 Å². The van der Waals surface area contributed by atoms with Gasteiger partial charge in [0.05, 0.1) is 16.8 Å². The number of H-pyrrole nitrogens is 1. The number of benzene rings is 1. The molecule has 0 radical (unpaired) electrons. The monoisotopic (exact) mass is 451 g/mol. The molecular formula is C24H30FN7O. The molecule has 1 aliphatic heterocycles. The summed E-state index contributed by atoms with van der Waals surface area (Å²) in [5.74, 6) is -0.511. The number of carbonyl (C=O) groups is 1. The highest BCUT2D eigenvalue weighted by Gasteiger charge is 2.41. The topological polar surface area (TPSA) is 101 Å². The third-order valence-electron chi connectivity index (χ3n) is 6.16. The van der Waals surface area contributed by atoms with Crippen LogP contribution < -0.4 is 5.32 Å². The lowest BCUT2D eigenvalue weighted by atomic mass is 9.79. The zero-order valence-corrected chi connectivity index (χ0v) is 19.5. The molecule has 0 bridgehead atoms. The molecule has 33 heavy (non-hydrogen) atoms. The first kappa shape index (κ1) is 22.8. The Labute approximate surface area is 192 Å². The van der Waals surface area contributed by atoms with Crippen molar-refractivity contribution < 1.29 is 9.18 Å².